The predicted molar refractivity (Wildman–Crippen MR) is 105 cm³/mol. The molecule has 0 bridgehead atoms. The number of benzene rings is 2. The van der Waals surface area contributed by atoms with E-state index in [4.69, 9.17) is 0 Å². The molecule has 0 fully saturated rings. The van der Waals surface area contributed by atoms with Crippen molar-refractivity contribution in [1.29, 1.82) is 0 Å². The minimum atomic E-state index is -0.223. The van der Waals surface area contributed by atoms with E-state index in [0.29, 0.717) is 5.56 Å². The molecule has 4 heteroatoms. The lowest BCUT2D eigenvalue weighted by Gasteiger charge is -2.23. The van der Waals surface area contributed by atoms with Crippen molar-refractivity contribution in [2.24, 2.45) is 0 Å². The SMILES string of the molecule is CC1Cc2ccccc2N1C(=O)CNC(=O)c1ccc(C(C)(C)C)cc1. The van der Waals surface area contributed by atoms with Gasteiger partial charge in [-0.25, -0.2) is 0 Å². The Labute approximate surface area is 155 Å². The van der Waals surface area contributed by atoms with Gasteiger partial charge in [0.15, 0.2) is 0 Å². The maximum absolute atomic E-state index is 12.7. The van der Waals surface area contributed by atoms with Crippen LogP contribution in [-0.2, 0) is 16.6 Å². The van der Waals surface area contributed by atoms with Crippen molar-refractivity contribution in [3.63, 3.8) is 0 Å². The molecule has 2 aromatic carbocycles. The topological polar surface area (TPSA) is 49.4 Å². The van der Waals surface area contributed by atoms with Gasteiger partial charge in [0, 0.05) is 17.3 Å². The Morgan fingerprint density at radius 1 is 1.08 bits per heavy atom. The Morgan fingerprint density at radius 2 is 1.73 bits per heavy atom. The number of fused-ring (bicyclic) bond motifs is 1. The molecule has 0 saturated heterocycles. The largest absolute Gasteiger partial charge is 0.343 e. The monoisotopic (exact) mass is 350 g/mol. The third-order valence-electron chi connectivity index (χ3n) is 4.89. The Morgan fingerprint density at radius 3 is 2.38 bits per heavy atom. The third kappa shape index (κ3) is 3.64. The van der Waals surface area contributed by atoms with Crippen LogP contribution in [0.3, 0.4) is 0 Å². The minimum absolute atomic E-state index is 0.00146. The highest BCUT2D eigenvalue weighted by Crippen LogP contribution is 2.31. The summed E-state index contributed by atoms with van der Waals surface area (Å²) in [6, 6.07) is 15.6. The smallest absolute Gasteiger partial charge is 0.251 e. The Kier molecular flexibility index (Phi) is 4.86. The fourth-order valence-electron chi connectivity index (χ4n) is 3.41. The van der Waals surface area contributed by atoms with E-state index in [9.17, 15) is 9.59 Å². The number of carbonyl (C=O) groups excluding carboxylic acids is 2. The standard InChI is InChI=1S/C22H26N2O2/c1-15-13-17-7-5-6-8-19(17)24(15)20(25)14-23-21(26)16-9-11-18(12-10-16)22(2,3)4/h5-12,15H,13-14H2,1-4H3,(H,23,26). The van der Waals surface area contributed by atoms with Crippen molar-refractivity contribution >= 4 is 17.5 Å². The van der Waals surface area contributed by atoms with E-state index < -0.39 is 0 Å². The molecule has 1 atom stereocenters. The normalized spacial score (nSPS) is 16.3. The summed E-state index contributed by atoms with van der Waals surface area (Å²) < 4.78 is 0. The first-order valence-electron chi connectivity index (χ1n) is 9.06. The fourth-order valence-corrected chi connectivity index (χ4v) is 3.41. The zero-order chi connectivity index (χ0) is 18.9. The first kappa shape index (κ1) is 18.2. The van der Waals surface area contributed by atoms with Gasteiger partial charge < -0.3 is 10.2 Å². The molecule has 4 nitrogen and oxygen atoms in total. The van der Waals surface area contributed by atoms with Crippen molar-refractivity contribution in [3.8, 4) is 0 Å². The van der Waals surface area contributed by atoms with Gasteiger partial charge in [0.25, 0.3) is 5.91 Å². The van der Waals surface area contributed by atoms with Crippen LogP contribution in [-0.4, -0.2) is 24.4 Å². The van der Waals surface area contributed by atoms with E-state index in [0.717, 1.165) is 12.1 Å². The molecule has 3 rings (SSSR count). The van der Waals surface area contributed by atoms with Crippen molar-refractivity contribution in [3.05, 3.63) is 65.2 Å². The summed E-state index contributed by atoms with van der Waals surface area (Å²) in [7, 11) is 0. The van der Waals surface area contributed by atoms with Crippen molar-refractivity contribution in [2.45, 2.75) is 45.6 Å². The number of nitrogens with zero attached hydrogens (tertiary/aromatic N) is 1. The van der Waals surface area contributed by atoms with Crippen LogP contribution in [0.1, 0.15) is 49.2 Å². The highest BCUT2D eigenvalue weighted by atomic mass is 16.2. The van der Waals surface area contributed by atoms with Crippen LogP contribution in [0.5, 0.6) is 0 Å². The van der Waals surface area contributed by atoms with E-state index in [1.165, 1.54) is 11.1 Å². The van der Waals surface area contributed by atoms with Crippen LogP contribution in [0.25, 0.3) is 0 Å². The molecule has 0 spiro atoms. The predicted octanol–water partition coefficient (Wildman–Crippen LogP) is 3.69. The van der Waals surface area contributed by atoms with Gasteiger partial charge in [0.1, 0.15) is 0 Å². The van der Waals surface area contributed by atoms with Crippen LogP contribution in [0.2, 0.25) is 0 Å². The summed E-state index contributed by atoms with van der Waals surface area (Å²) in [5, 5.41) is 2.76. The highest BCUT2D eigenvalue weighted by molar-refractivity contribution is 6.01. The summed E-state index contributed by atoms with van der Waals surface area (Å²) >= 11 is 0. The summed E-state index contributed by atoms with van der Waals surface area (Å²) in [6.45, 7) is 8.44. The zero-order valence-electron chi connectivity index (χ0n) is 15.9. The summed E-state index contributed by atoms with van der Waals surface area (Å²) in [5.41, 5.74) is 3.92. The van der Waals surface area contributed by atoms with Gasteiger partial charge in [-0.05, 0) is 48.1 Å². The number of hydrogen-bond donors (Lipinski definition) is 1. The van der Waals surface area contributed by atoms with Gasteiger partial charge in [0.2, 0.25) is 5.91 Å². The van der Waals surface area contributed by atoms with Gasteiger partial charge in [0.05, 0.1) is 6.54 Å². The Hall–Kier alpha value is -2.62. The van der Waals surface area contributed by atoms with Gasteiger partial charge in [-0.15, -0.1) is 0 Å². The highest BCUT2D eigenvalue weighted by Gasteiger charge is 2.30. The molecule has 0 saturated carbocycles. The Balaban J connectivity index is 1.64. The second-order valence-corrected chi connectivity index (χ2v) is 7.96. The van der Waals surface area contributed by atoms with Crippen LogP contribution in [0, 0.1) is 0 Å². The first-order chi connectivity index (χ1) is 12.3. The molecule has 0 aromatic heterocycles. The van der Waals surface area contributed by atoms with Gasteiger partial charge in [-0.3, -0.25) is 9.59 Å². The van der Waals surface area contributed by atoms with Gasteiger partial charge in [-0.1, -0.05) is 51.1 Å². The zero-order valence-corrected chi connectivity index (χ0v) is 15.9. The van der Waals surface area contributed by atoms with Gasteiger partial charge in [-0.2, -0.15) is 0 Å². The van der Waals surface area contributed by atoms with Crippen molar-refractivity contribution in [2.75, 3.05) is 11.4 Å². The number of amides is 2. The lowest BCUT2D eigenvalue weighted by molar-refractivity contribution is -0.118. The molecule has 136 valence electrons. The van der Waals surface area contributed by atoms with E-state index in [1.807, 2.05) is 49.4 Å². The molecule has 1 aliphatic rings. The van der Waals surface area contributed by atoms with Crippen molar-refractivity contribution < 1.29 is 9.59 Å². The molecule has 2 aromatic rings. The number of anilines is 1. The molecular formula is C22H26N2O2. The maximum atomic E-state index is 12.7. The molecule has 26 heavy (non-hydrogen) atoms. The third-order valence-corrected chi connectivity index (χ3v) is 4.89. The molecule has 2 amide bonds. The Bertz CT molecular complexity index is 819. The number of para-hydroxylation sites is 1. The molecule has 1 N–H and O–H groups in total. The molecular weight excluding hydrogens is 324 g/mol. The first-order valence-corrected chi connectivity index (χ1v) is 9.06. The summed E-state index contributed by atoms with van der Waals surface area (Å²) in [6.07, 6.45) is 0.851. The van der Waals surface area contributed by atoms with E-state index in [1.54, 1.807) is 4.90 Å². The minimum Gasteiger partial charge on any atom is -0.343 e. The molecule has 1 heterocycles. The molecule has 0 radical (unpaired) electrons. The number of rotatable bonds is 3. The van der Waals surface area contributed by atoms with Crippen LogP contribution < -0.4 is 10.2 Å². The maximum Gasteiger partial charge on any atom is 0.251 e. The van der Waals surface area contributed by atoms with E-state index in [-0.39, 0.29) is 29.8 Å². The average molecular weight is 350 g/mol. The second-order valence-electron chi connectivity index (χ2n) is 7.96. The van der Waals surface area contributed by atoms with E-state index in [2.05, 4.69) is 32.2 Å². The number of nitrogens with one attached hydrogen (secondary N) is 1. The van der Waals surface area contributed by atoms with Crippen LogP contribution >= 0.6 is 0 Å². The quantitative estimate of drug-likeness (QED) is 0.918. The van der Waals surface area contributed by atoms with Crippen molar-refractivity contribution in [1.82, 2.24) is 5.32 Å². The summed E-state index contributed by atoms with van der Waals surface area (Å²) in [5.74, 6) is -0.305. The number of carbonyl (C=O) groups is 2. The fraction of sp³-hybridized carbons (Fsp3) is 0.364. The average Bonchev–Trinajstić information content (AvgIpc) is 2.94. The lowest BCUT2D eigenvalue weighted by Crippen LogP contribution is -2.43. The van der Waals surface area contributed by atoms with Crippen LogP contribution in [0.15, 0.2) is 48.5 Å². The second kappa shape index (κ2) is 6.94. The van der Waals surface area contributed by atoms with E-state index >= 15 is 0 Å². The molecule has 1 aliphatic heterocycles. The van der Waals surface area contributed by atoms with Crippen LogP contribution in [0.4, 0.5) is 5.69 Å². The molecule has 0 aliphatic carbocycles. The van der Waals surface area contributed by atoms with Gasteiger partial charge >= 0.3 is 0 Å². The number of hydrogen-bond acceptors (Lipinski definition) is 2. The lowest BCUT2D eigenvalue weighted by atomic mass is 9.87. The summed E-state index contributed by atoms with van der Waals surface area (Å²) in [4.78, 5) is 26.8. The molecule has 1 unspecified atom stereocenters.